The Labute approximate surface area is 111 Å². The van der Waals surface area contributed by atoms with E-state index in [0.29, 0.717) is 24.1 Å². The molecule has 6 heteroatoms. The average molecular weight is 261 g/mol. The fourth-order valence-electron chi connectivity index (χ4n) is 1.47. The third-order valence-electron chi connectivity index (χ3n) is 2.42. The number of nitrogens with zero attached hydrogens (tertiary/aromatic N) is 1. The standard InChI is InChI=1S/C13H15N3O3/c1-9-7-11(5-3-4-6-15-10(2)17)8-12(13(9)14)16(18)19/h7-8H,4,6,14H2,1-2H3,(H,15,17). The molecule has 1 rings (SSSR count). The topological polar surface area (TPSA) is 98.3 Å². The van der Waals surface area contributed by atoms with Gasteiger partial charge in [0.2, 0.25) is 5.91 Å². The maximum Gasteiger partial charge on any atom is 0.293 e. The van der Waals surface area contributed by atoms with E-state index in [1.807, 2.05) is 0 Å². The van der Waals surface area contributed by atoms with E-state index in [2.05, 4.69) is 17.2 Å². The molecule has 3 N–H and O–H groups in total. The molecule has 1 aromatic carbocycles. The van der Waals surface area contributed by atoms with Crippen molar-refractivity contribution in [1.82, 2.24) is 5.32 Å². The van der Waals surface area contributed by atoms with E-state index in [1.165, 1.54) is 13.0 Å². The Morgan fingerprint density at radius 1 is 1.53 bits per heavy atom. The van der Waals surface area contributed by atoms with Crippen LogP contribution in [0, 0.1) is 28.9 Å². The second-order valence-corrected chi connectivity index (χ2v) is 4.02. The van der Waals surface area contributed by atoms with E-state index >= 15 is 0 Å². The minimum Gasteiger partial charge on any atom is -0.393 e. The number of carbonyl (C=O) groups is 1. The Kier molecular flexibility index (Phi) is 4.89. The first kappa shape index (κ1) is 14.5. The van der Waals surface area contributed by atoms with Crippen LogP contribution in [-0.4, -0.2) is 17.4 Å². The number of nitrogens with one attached hydrogen (secondary N) is 1. The molecule has 0 saturated heterocycles. The fourth-order valence-corrected chi connectivity index (χ4v) is 1.47. The highest BCUT2D eigenvalue weighted by Gasteiger charge is 2.14. The molecule has 0 saturated carbocycles. The van der Waals surface area contributed by atoms with Gasteiger partial charge in [0.25, 0.3) is 5.69 Å². The number of hydrogen-bond acceptors (Lipinski definition) is 4. The number of carbonyl (C=O) groups excluding carboxylic acids is 1. The van der Waals surface area contributed by atoms with Gasteiger partial charge in [0.15, 0.2) is 0 Å². The SMILES string of the molecule is CC(=O)NCCC#Cc1cc(C)c(N)c([N+](=O)[O-])c1. The maximum absolute atomic E-state index is 10.8. The van der Waals surface area contributed by atoms with Crippen LogP contribution in [0.2, 0.25) is 0 Å². The zero-order valence-electron chi connectivity index (χ0n) is 10.8. The van der Waals surface area contributed by atoms with Gasteiger partial charge in [-0.05, 0) is 18.6 Å². The van der Waals surface area contributed by atoms with Crippen LogP contribution in [0.5, 0.6) is 0 Å². The van der Waals surface area contributed by atoms with Crippen molar-refractivity contribution in [2.45, 2.75) is 20.3 Å². The molecule has 100 valence electrons. The minimum atomic E-state index is -0.523. The summed E-state index contributed by atoms with van der Waals surface area (Å²) in [5.74, 6) is 5.55. The molecule has 0 heterocycles. The summed E-state index contributed by atoms with van der Waals surface area (Å²) in [5, 5.41) is 13.4. The van der Waals surface area contributed by atoms with Crippen molar-refractivity contribution in [2.75, 3.05) is 12.3 Å². The van der Waals surface area contributed by atoms with Crippen molar-refractivity contribution in [3.63, 3.8) is 0 Å². The van der Waals surface area contributed by atoms with Crippen molar-refractivity contribution in [2.24, 2.45) is 0 Å². The Bertz CT molecular complexity index is 570. The van der Waals surface area contributed by atoms with Crippen LogP contribution in [0.15, 0.2) is 12.1 Å². The van der Waals surface area contributed by atoms with Gasteiger partial charge in [0.1, 0.15) is 5.69 Å². The molecule has 0 spiro atoms. The highest BCUT2D eigenvalue weighted by molar-refractivity contribution is 5.72. The molecule has 1 aromatic rings. The van der Waals surface area contributed by atoms with E-state index < -0.39 is 4.92 Å². The fraction of sp³-hybridized carbons (Fsp3) is 0.308. The van der Waals surface area contributed by atoms with Crippen molar-refractivity contribution in [3.8, 4) is 11.8 Å². The largest absolute Gasteiger partial charge is 0.393 e. The summed E-state index contributed by atoms with van der Waals surface area (Å²) in [6.07, 6.45) is 0.483. The van der Waals surface area contributed by atoms with Gasteiger partial charge in [-0.1, -0.05) is 11.8 Å². The minimum absolute atomic E-state index is 0.110. The highest BCUT2D eigenvalue weighted by Crippen LogP contribution is 2.26. The summed E-state index contributed by atoms with van der Waals surface area (Å²) >= 11 is 0. The second kappa shape index (κ2) is 6.40. The number of nitro groups is 1. The van der Waals surface area contributed by atoms with Gasteiger partial charge in [0.05, 0.1) is 4.92 Å². The summed E-state index contributed by atoms with van der Waals surface area (Å²) < 4.78 is 0. The molecule has 6 nitrogen and oxygen atoms in total. The van der Waals surface area contributed by atoms with Crippen molar-refractivity contribution in [1.29, 1.82) is 0 Å². The lowest BCUT2D eigenvalue weighted by atomic mass is 10.1. The monoisotopic (exact) mass is 261 g/mol. The Morgan fingerprint density at radius 3 is 2.79 bits per heavy atom. The predicted octanol–water partition coefficient (Wildman–Crippen LogP) is 1.36. The van der Waals surface area contributed by atoms with E-state index in [-0.39, 0.29) is 17.3 Å². The molecule has 0 aromatic heterocycles. The van der Waals surface area contributed by atoms with Crippen molar-refractivity contribution >= 4 is 17.3 Å². The number of amides is 1. The van der Waals surface area contributed by atoms with Crippen LogP contribution in [0.25, 0.3) is 0 Å². The van der Waals surface area contributed by atoms with Crippen LogP contribution in [-0.2, 0) is 4.79 Å². The lowest BCUT2D eigenvalue weighted by Gasteiger charge is -2.02. The lowest BCUT2D eigenvalue weighted by molar-refractivity contribution is -0.383. The molecule has 0 unspecified atom stereocenters. The van der Waals surface area contributed by atoms with Crippen molar-refractivity contribution in [3.05, 3.63) is 33.4 Å². The first-order valence-corrected chi connectivity index (χ1v) is 5.69. The van der Waals surface area contributed by atoms with Crippen LogP contribution in [0.4, 0.5) is 11.4 Å². The third kappa shape index (κ3) is 4.32. The zero-order chi connectivity index (χ0) is 14.4. The molecule has 0 radical (unpaired) electrons. The summed E-state index contributed by atoms with van der Waals surface area (Å²) in [6.45, 7) is 3.59. The van der Waals surface area contributed by atoms with Gasteiger partial charge < -0.3 is 11.1 Å². The number of nitrogens with two attached hydrogens (primary N) is 1. The first-order valence-electron chi connectivity index (χ1n) is 5.69. The Morgan fingerprint density at radius 2 is 2.21 bits per heavy atom. The van der Waals surface area contributed by atoms with Gasteiger partial charge >= 0.3 is 0 Å². The van der Waals surface area contributed by atoms with E-state index in [0.717, 1.165) is 0 Å². The smallest absolute Gasteiger partial charge is 0.293 e. The quantitative estimate of drug-likeness (QED) is 0.282. The van der Waals surface area contributed by atoms with Gasteiger partial charge in [-0.15, -0.1) is 0 Å². The highest BCUT2D eigenvalue weighted by atomic mass is 16.6. The van der Waals surface area contributed by atoms with Crippen LogP contribution >= 0.6 is 0 Å². The van der Waals surface area contributed by atoms with Crippen LogP contribution in [0.3, 0.4) is 0 Å². The summed E-state index contributed by atoms with van der Waals surface area (Å²) in [6, 6.07) is 3.06. The molecule has 0 aliphatic rings. The zero-order valence-corrected chi connectivity index (χ0v) is 10.8. The number of hydrogen-bond donors (Lipinski definition) is 2. The lowest BCUT2D eigenvalue weighted by Crippen LogP contribution is -2.20. The number of anilines is 1. The van der Waals surface area contributed by atoms with Crippen LogP contribution in [0.1, 0.15) is 24.5 Å². The molecular formula is C13H15N3O3. The molecule has 0 fully saturated rings. The normalized spacial score (nSPS) is 9.37. The Hall–Kier alpha value is -2.55. The molecule has 0 aliphatic carbocycles. The van der Waals surface area contributed by atoms with Gasteiger partial charge in [-0.3, -0.25) is 14.9 Å². The van der Waals surface area contributed by atoms with Gasteiger partial charge in [0, 0.05) is 31.5 Å². The van der Waals surface area contributed by atoms with Gasteiger partial charge in [-0.25, -0.2) is 0 Å². The Balaban J connectivity index is 2.82. The van der Waals surface area contributed by atoms with E-state index in [9.17, 15) is 14.9 Å². The van der Waals surface area contributed by atoms with E-state index in [4.69, 9.17) is 5.73 Å². The average Bonchev–Trinajstić information content (AvgIpc) is 2.32. The van der Waals surface area contributed by atoms with E-state index in [1.54, 1.807) is 13.0 Å². The number of rotatable bonds is 3. The second-order valence-electron chi connectivity index (χ2n) is 4.02. The molecule has 1 amide bonds. The molecule has 19 heavy (non-hydrogen) atoms. The number of nitrogen functional groups attached to an aromatic ring is 1. The number of benzene rings is 1. The molecule has 0 aliphatic heterocycles. The summed E-state index contributed by atoms with van der Waals surface area (Å²) in [4.78, 5) is 20.9. The molecule has 0 bridgehead atoms. The maximum atomic E-state index is 10.8. The van der Waals surface area contributed by atoms with Gasteiger partial charge in [-0.2, -0.15) is 0 Å². The van der Waals surface area contributed by atoms with Crippen molar-refractivity contribution < 1.29 is 9.72 Å². The molecular weight excluding hydrogens is 246 g/mol. The third-order valence-corrected chi connectivity index (χ3v) is 2.42. The molecule has 0 atom stereocenters. The number of nitro benzene ring substituents is 1. The van der Waals surface area contributed by atoms with Crippen LogP contribution < -0.4 is 11.1 Å². The number of aryl methyl sites for hydroxylation is 1. The predicted molar refractivity (Wildman–Crippen MR) is 72.4 cm³/mol. The summed E-state index contributed by atoms with van der Waals surface area (Å²) in [5.41, 5.74) is 6.82. The first-order chi connectivity index (χ1) is 8.91. The summed E-state index contributed by atoms with van der Waals surface area (Å²) in [7, 11) is 0.